The number of aromatic nitrogens is 3. The fourth-order valence-electron chi connectivity index (χ4n) is 2.93. The Morgan fingerprint density at radius 3 is 2.86 bits per heavy atom. The maximum atomic E-state index is 12.5. The van der Waals surface area contributed by atoms with E-state index in [1.807, 2.05) is 19.1 Å². The van der Waals surface area contributed by atoms with Crippen LogP contribution in [-0.2, 0) is 6.61 Å². The summed E-state index contributed by atoms with van der Waals surface area (Å²) in [7, 11) is 0. The monoisotopic (exact) mass is 380 g/mol. The molecule has 8 heteroatoms. The van der Waals surface area contributed by atoms with E-state index in [0.29, 0.717) is 28.6 Å². The highest BCUT2D eigenvalue weighted by Gasteiger charge is 2.17. The van der Waals surface area contributed by atoms with Crippen molar-refractivity contribution in [1.82, 2.24) is 20.5 Å². The van der Waals surface area contributed by atoms with Gasteiger partial charge in [-0.25, -0.2) is 0 Å². The summed E-state index contributed by atoms with van der Waals surface area (Å²) in [4.78, 5) is 16.5. The standard InChI is InChI=1S/C20H20N4O4/c1-2-16(13-5-7-21-8-6-13)22-20(25)17-9-14(23-24-17)11-26-15-3-4-18-19(10-15)28-12-27-18/h3-10,16H,2,11-12H2,1H3,(H,22,25)(H,23,24)/t16-/m0/s1. The second kappa shape index (κ2) is 7.99. The average Bonchev–Trinajstić information content (AvgIpc) is 3.40. The number of nitrogens with one attached hydrogen (secondary N) is 2. The van der Waals surface area contributed by atoms with Crippen molar-refractivity contribution in [3.8, 4) is 17.2 Å². The van der Waals surface area contributed by atoms with Gasteiger partial charge in [-0.05, 0) is 42.3 Å². The van der Waals surface area contributed by atoms with Crippen LogP contribution in [-0.4, -0.2) is 27.9 Å². The van der Waals surface area contributed by atoms with Gasteiger partial charge < -0.3 is 19.5 Å². The molecule has 3 aromatic rings. The van der Waals surface area contributed by atoms with Gasteiger partial charge in [0.05, 0.1) is 11.7 Å². The molecule has 3 heterocycles. The Hall–Kier alpha value is -3.55. The third-order valence-electron chi connectivity index (χ3n) is 4.42. The fourth-order valence-corrected chi connectivity index (χ4v) is 2.93. The molecule has 1 atom stereocenters. The molecule has 4 rings (SSSR count). The van der Waals surface area contributed by atoms with Gasteiger partial charge in [-0.1, -0.05) is 6.92 Å². The zero-order valence-electron chi connectivity index (χ0n) is 15.3. The summed E-state index contributed by atoms with van der Waals surface area (Å²) < 4.78 is 16.3. The second-order valence-electron chi connectivity index (χ2n) is 6.30. The Morgan fingerprint density at radius 1 is 1.21 bits per heavy atom. The van der Waals surface area contributed by atoms with E-state index in [1.165, 1.54) is 0 Å². The maximum absolute atomic E-state index is 12.5. The van der Waals surface area contributed by atoms with Gasteiger partial charge in [-0.2, -0.15) is 5.10 Å². The summed E-state index contributed by atoms with van der Waals surface area (Å²) >= 11 is 0. The molecule has 144 valence electrons. The molecule has 1 aliphatic heterocycles. The van der Waals surface area contributed by atoms with Gasteiger partial charge in [0.2, 0.25) is 6.79 Å². The van der Waals surface area contributed by atoms with Crippen molar-refractivity contribution in [3.05, 3.63) is 65.7 Å². The van der Waals surface area contributed by atoms with Crippen LogP contribution < -0.4 is 19.5 Å². The van der Waals surface area contributed by atoms with Gasteiger partial charge in [-0.3, -0.25) is 14.9 Å². The number of H-pyrrole nitrogens is 1. The highest BCUT2D eigenvalue weighted by Crippen LogP contribution is 2.35. The third kappa shape index (κ3) is 3.90. The number of aromatic amines is 1. The average molecular weight is 380 g/mol. The van der Waals surface area contributed by atoms with E-state index in [4.69, 9.17) is 14.2 Å². The zero-order valence-corrected chi connectivity index (χ0v) is 15.3. The minimum absolute atomic E-state index is 0.0967. The van der Waals surface area contributed by atoms with E-state index in [9.17, 15) is 4.79 Å². The van der Waals surface area contributed by atoms with Gasteiger partial charge in [0.25, 0.3) is 5.91 Å². The van der Waals surface area contributed by atoms with E-state index >= 15 is 0 Å². The number of pyridine rings is 1. The van der Waals surface area contributed by atoms with Crippen molar-refractivity contribution in [2.75, 3.05) is 6.79 Å². The van der Waals surface area contributed by atoms with Crippen LogP contribution in [0.5, 0.6) is 17.2 Å². The van der Waals surface area contributed by atoms with Crippen molar-refractivity contribution in [3.63, 3.8) is 0 Å². The Kier molecular flexibility index (Phi) is 5.09. The van der Waals surface area contributed by atoms with Gasteiger partial charge >= 0.3 is 0 Å². The highest BCUT2D eigenvalue weighted by atomic mass is 16.7. The first-order valence-corrected chi connectivity index (χ1v) is 9.00. The molecule has 1 aliphatic rings. The molecule has 28 heavy (non-hydrogen) atoms. The predicted molar refractivity (Wildman–Crippen MR) is 100 cm³/mol. The van der Waals surface area contributed by atoms with E-state index in [0.717, 1.165) is 12.0 Å². The summed E-state index contributed by atoms with van der Waals surface area (Å²) in [5, 5.41) is 9.93. The third-order valence-corrected chi connectivity index (χ3v) is 4.42. The molecule has 0 unspecified atom stereocenters. The zero-order chi connectivity index (χ0) is 19.3. The van der Waals surface area contributed by atoms with Crippen LogP contribution in [0.25, 0.3) is 0 Å². The van der Waals surface area contributed by atoms with Gasteiger partial charge in [0.15, 0.2) is 11.5 Å². The first-order valence-electron chi connectivity index (χ1n) is 9.00. The quantitative estimate of drug-likeness (QED) is 0.654. The normalized spacial score (nSPS) is 13.2. The molecular weight excluding hydrogens is 360 g/mol. The van der Waals surface area contributed by atoms with Crippen molar-refractivity contribution in [2.24, 2.45) is 0 Å². The largest absolute Gasteiger partial charge is 0.487 e. The molecule has 0 fully saturated rings. The molecule has 0 saturated carbocycles. The summed E-state index contributed by atoms with van der Waals surface area (Å²) in [6, 6.07) is 10.7. The molecule has 0 bridgehead atoms. The van der Waals surface area contributed by atoms with Crippen molar-refractivity contribution in [2.45, 2.75) is 26.0 Å². The lowest BCUT2D eigenvalue weighted by atomic mass is 10.1. The van der Waals surface area contributed by atoms with Crippen LogP contribution in [0.2, 0.25) is 0 Å². The molecule has 0 spiro atoms. The Bertz CT molecular complexity index is 958. The summed E-state index contributed by atoms with van der Waals surface area (Å²) in [6.45, 7) is 2.48. The van der Waals surface area contributed by atoms with E-state index in [1.54, 1.807) is 36.7 Å². The van der Waals surface area contributed by atoms with Gasteiger partial charge in [0, 0.05) is 18.5 Å². The number of fused-ring (bicyclic) bond motifs is 1. The van der Waals surface area contributed by atoms with E-state index in [2.05, 4.69) is 20.5 Å². The maximum Gasteiger partial charge on any atom is 0.272 e. The van der Waals surface area contributed by atoms with Crippen LogP contribution in [0, 0.1) is 0 Å². The molecule has 2 N–H and O–H groups in total. The van der Waals surface area contributed by atoms with Crippen LogP contribution in [0.4, 0.5) is 0 Å². The summed E-state index contributed by atoms with van der Waals surface area (Å²) in [5.41, 5.74) is 2.02. The smallest absolute Gasteiger partial charge is 0.272 e. The number of hydrogen-bond acceptors (Lipinski definition) is 6. The van der Waals surface area contributed by atoms with Crippen molar-refractivity contribution < 1.29 is 19.0 Å². The van der Waals surface area contributed by atoms with Crippen LogP contribution in [0.3, 0.4) is 0 Å². The molecule has 0 saturated heterocycles. The highest BCUT2D eigenvalue weighted by molar-refractivity contribution is 5.92. The lowest BCUT2D eigenvalue weighted by Gasteiger charge is -2.16. The molecule has 0 radical (unpaired) electrons. The van der Waals surface area contributed by atoms with Gasteiger partial charge in [0.1, 0.15) is 18.1 Å². The number of benzene rings is 1. The Labute approximate surface area is 161 Å². The number of ether oxygens (including phenoxy) is 3. The summed E-state index contributed by atoms with van der Waals surface area (Å²) in [6.07, 6.45) is 4.19. The molecular formula is C20H20N4O4. The first-order chi connectivity index (χ1) is 13.7. The molecule has 0 aliphatic carbocycles. The lowest BCUT2D eigenvalue weighted by molar-refractivity contribution is 0.0930. The second-order valence-corrected chi connectivity index (χ2v) is 6.30. The molecule has 8 nitrogen and oxygen atoms in total. The van der Waals surface area contributed by atoms with E-state index in [-0.39, 0.29) is 25.3 Å². The fraction of sp³-hybridized carbons (Fsp3) is 0.250. The van der Waals surface area contributed by atoms with Gasteiger partial charge in [-0.15, -0.1) is 0 Å². The molecule has 1 amide bonds. The Balaban J connectivity index is 1.36. The predicted octanol–water partition coefficient (Wildman–Crippen LogP) is 2.99. The minimum atomic E-state index is -0.241. The van der Waals surface area contributed by atoms with Crippen LogP contribution >= 0.6 is 0 Å². The number of rotatable bonds is 7. The topological polar surface area (TPSA) is 98.4 Å². The minimum Gasteiger partial charge on any atom is -0.487 e. The number of amides is 1. The molecule has 2 aromatic heterocycles. The van der Waals surface area contributed by atoms with Crippen molar-refractivity contribution in [1.29, 1.82) is 0 Å². The Morgan fingerprint density at radius 2 is 2.04 bits per heavy atom. The number of carbonyl (C=O) groups is 1. The van der Waals surface area contributed by atoms with E-state index < -0.39 is 0 Å². The summed E-state index contributed by atoms with van der Waals surface area (Å²) in [5.74, 6) is 1.76. The SMILES string of the molecule is CC[C@H](NC(=O)c1cc(COc2ccc3c(c2)OCO3)[nH]n1)c1ccncc1. The van der Waals surface area contributed by atoms with Crippen molar-refractivity contribution >= 4 is 5.91 Å². The van der Waals surface area contributed by atoms with Crippen LogP contribution in [0.1, 0.15) is 41.1 Å². The number of nitrogens with zero attached hydrogens (tertiary/aromatic N) is 2. The lowest BCUT2D eigenvalue weighted by Crippen LogP contribution is -2.28. The number of hydrogen-bond donors (Lipinski definition) is 2. The molecule has 1 aromatic carbocycles. The van der Waals surface area contributed by atoms with Crippen LogP contribution in [0.15, 0.2) is 48.8 Å². The first kappa shape index (κ1) is 17.8. The number of carbonyl (C=O) groups excluding carboxylic acids is 1.